The zero-order chi connectivity index (χ0) is 25.9. The molecule has 2 heterocycles. The fourth-order valence-electron chi connectivity index (χ4n) is 4.72. The number of carbonyl (C=O) groups excluding carboxylic acids is 2. The molecule has 9 heteroatoms. The van der Waals surface area contributed by atoms with E-state index in [2.05, 4.69) is 33.4 Å². The summed E-state index contributed by atoms with van der Waals surface area (Å²) in [5.74, 6) is -0.399. The largest absolute Gasteiger partial charge is 0.356 e. The van der Waals surface area contributed by atoms with Crippen LogP contribution in [-0.2, 0) is 29.0 Å². The normalized spacial score (nSPS) is 15.3. The monoisotopic (exact) mass is 497 g/mol. The van der Waals surface area contributed by atoms with Crippen LogP contribution in [0.2, 0.25) is 0 Å². The van der Waals surface area contributed by atoms with Gasteiger partial charge in [-0.2, -0.15) is 0 Å². The molecule has 0 radical (unpaired) electrons. The minimum Gasteiger partial charge on any atom is -0.356 e. The smallest absolute Gasteiger partial charge is 0.270 e. The molecule has 188 valence electrons. The third kappa shape index (κ3) is 5.22. The van der Waals surface area contributed by atoms with Gasteiger partial charge in [0.2, 0.25) is 5.91 Å². The van der Waals surface area contributed by atoms with Gasteiger partial charge in [0, 0.05) is 49.1 Å². The fraction of sp³-hybridized carbons (Fsp3) is 0.214. The van der Waals surface area contributed by atoms with Gasteiger partial charge in [0.05, 0.1) is 16.2 Å². The second-order valence-electron chi connectivity index (χ2n) is 9.16. The van der Waals surface area contributed by atoms with Gasteiger partial charge in [0.15, 0.2) is 0 Å². The molecule has 2 aliphatic heterocycles. The Hall–Kier alpha value is -4.50. The molecule has 0 unspecified atom stereocenters. The van der Waals surface area contributed by atoms with Crippen LogP contribution < -0.4 is 21.3 Å². The highest BCUT2D eigenvalue weighted by molar-refractivity contribution is 6.37. The summed E-state index contributed by atoms with van der Waals surface area (Å²) >= 11 is 0. The SMILES string of the molecule is CC(=O)NCCc1ccc(/C(Nc2ccc3c(c2)CCNC3)=C2/C(=O)Nc3ccc([N+](=O)[O-])cc32)cc1. The summed E-state index contributed by atoms with van der Waals surface area (Å²) in [6, 6.07) is 18.3. The molecule has 0 spiro atoms. The number of hydrogen-bond acceptors (Lipinski definition) is 6. The summed E-state index contributed by atoms with van der Waals surface area (Å²) in [5, 5.41) is 23.9. The lowest BCUT2D eigenvalue weighted by Gasteiger charge is -2.20. The molecule has 4 N–H and O–H groups in total. The lowest BCUT2D eigenvalue weighted by Crippen LogP contribution is -2.23. The Morgan fingerprint density at radius 3 is 2.62 bits per heavy atom. The number of rotatable bonds is 7. The van der Waals surface area contributed by atoms with Crippen molar-refractivity contribution in [1.82, 2.24) is 10.6 Å². The maximum atomic E-state index is 13.2. The average molecular weight is 498 g/mol. The molecule has 2 amide bonds. The van der Waals surface area contributed by atoms with Gasteiger partial charge in [-0.15, -0.1) is 0 Å². The number of non-ortho nitro benzene ring substituents is 1. The number of amides is 2. The molecule has 0 fully saturated rings. The van der Waals surface area contributed by atoms with Gasteiger partial charge in [-0.3, -0.25) is 19.7 Å². The zero-order valence-corrected chi connectivity index (χ0v) is 20.4. The van der Waals surface area contributed by atoms with Gasteiger partial charge >= 0.3 is 0 Å². The highest BCUT2D eigenvalue weighted by Gasteiger charge is 2.30. The summed E-state index contributed by atoms with van der Waals surface area (Å²) < 4.78 is 0. The molecular formula is C28H27N5O4. The van der Waals surface area contributed by atoms with E-state index in [1.807, 2.05) is 30.3 Å². The summed E-state index contributed by atoms with van der Waals surface area (Å²) in [4.78, 5) is 35.4. The first-order chi connectivity index (χ1) is 17.9. The number of nitro benzene ring substituents is 1. The predicted octanol–water partition coefficient (Wildman–Crippen LogP) is 3.85. The van der Waals surface area contributed by atoms with E-state index in [1.165, 1.54) is 30.2 Å². The first-order valence-corrected chi connectivity index (χ1v) is 12.2. The highest BCUT2D eigenvalue weighted by Crippen LogP contribution is 2.39. The number of nitrogens with one attached hydrogen (secondary N) is 4. The van der Waals surface area contributed by atoms with Crippen LogP contribution in [0.3, 0.4) is 0 Å². The van der Waals surface area contributed by atoms with Crippen LogP contribution in [0.25, 0.3) is 11.3 Å². The van der Waals surface area contributed by atoms with Crippen molar-refractivity contribution >= 4 is 40.1 Å². The van der Waals surface area contributed by atoms with Crippen molar-refractivity contribution < 1.29 is 14.5 Å². The molecule has 3 aromatic carbocycles. The molecule has 37 heavy (non-hydrogen) atoms. The predicted molar refractivity (Wildman–Crippen MR) is 143 cm³/mol. The molecule has 2 aliphatic rings. The topological polar surface area (TPSA) is 125 Å². The molecule has 0 bridgehead atoms. The molecule has 0 aliphatic carbocycles. The van der Waals surface area contributed by atoms with Gasteiger partial charge in [0.25, 0.3) is 11.6 Å². The van der Waals surface area contributed by atoms with Gasteiger partial charge < -0.3 is 21.3 Å². The first-order valence-electron chi connectivity index (χ1n) is 12.2. The lowest BCUT2D eigenvalue weighted by atomic mass is 9.97. The number of fused-ring (bicyclic) bond motifs is 2. The maximum Gasteiger partial charge on any atom is 0.270 e. The van der Waals surface area contributed by atoms with Gasteiger partial charge in [-0.25, -0.2) is 0 Å². The minimum absolute atomic E-state index is 0.0753. The van der Waals surface area contributed by atoms with Crippen LogP contribution in [0.1, 0.15) is 34.7 Å². The van der Waals surface area contributed by atoms with Crippen molar-refractivity contribution in [3.63, 3.8) is 0 Å². The Labute approximate surface area is 214 Å². The summed E-state index contributed by atoms with van der Waals surface area (Å²) in [5.41, 5.74) is 6.99. The quantitative estimate of drug-likeness (QED) is 0.223. The van der Waals surface area contributed by atoms with E-state index < -0.39 is 4.92 Å². The van der Waals surface area contributed by atoms with E-state index in [1.54, 1.807) is 6.07 Å². The number of nitro groups is 1. The van der Waals surface area contributed by atoms with E-state index in [0.717, 1.165) is 36.3 Å². The molecule has 0 saturated heterocycles. The van der Waals surface area contributed by atoms with E-state index in [0.29, 0.717) is 35.5 Å². The van der Waals surface area contributed by atoms with E-state index in [9.17, 15) is 19.7 Å². The second kappa shape index (κ2) is 10.2. The number of hydrogen-bond donors (Lipinski definition) is 4. The van der Waals surface area contributed by atoms with Gasteiger partial charge in [-0.1, -0.05) is 30.3 Å². The Balaban J connectivity index is 1.57. The van der Waals surface area contributed by atoms with Crippen molar-refractivity contribution in [2.75, 3.05) is 23.7 Å². The molecule has 0 saturated carbocycles. The molecule has 3 aromatic rings. The molecular weight excluding hydrogens is 470 g/mol. The van der Waals surface area contributed by atoms with Crippen molar-refractivity contribution in [2.24, 2.45) is 0 Å². The van der Waals surface area contributed by atoms with Crippen LogP contribution in [0.5, 0.6) is 0 Å². The first kappa shape index (κ1) is 24.2. The standard InChI is InChI=1S/C28H27N5O4/c1-17(34)30-13-10-18-2-4-19(5-3-18)27(31-22-7-6-21-16-29-12-11-20(21)14-22)26-24-15-23(33(36)37)8-9-25(24)32-28(26)35/h2-9,14-15,29,31H,10-13,16H2,1H3,(H,30,34)(H,32,35)/b27-26-. The minimum atomic E-state index is -0.463. The van der Waals surface area contributed by atoms with Gasteiger partial charge in [0.1, 0.15) is 0 Å². The summed E-state index contributed by atoms with van der Waals surface area (Å²) in [6.45, 7) is 3.75. The Morgan fingerprint density at radius 2 is 1.86 bits per heavy atom. The fourth-order valence-corrected chi connectivity index (χ4v) is 4.72. The molecule has 0 aromatic heterocycles. The average Bonchev–Trinajstić information content (AvgIpc) is 3.22. The Morgan fingerprint density at radius 1 is 1.05 bits per heavy atom. The van der Waals surface area contributed by atoms with Crippen LogP contribution >= 0.6 is 0 Å². The van der Waals surface area contributed by atoms with Crippen molar-refractivity contribution in [3.05, 3.63) is 98.6 Å². The number of carbonyl (C=O) groups is 2. The van der Waals surface area contributed by atoms with Crippen LogP contribution in [0, 0.1) is 10.1 Å². The summed E-state index contributed by atoms with van der Waals surface area (Å²) in [7, 11) is 0. The van der Waals surface area contributed by atoms with E-state index >= 15 is 0 Å². The van der Waals surface area contributed by atoms with Gasteiger partial charge in [-0.05, 0) is 59.8 Å². The molecule has 9 nitrogen and oxygen atoms in total. The van der Waals surface area contributed by atoms with E-state index in [4.69, 9.17) is 0 Å². The Bertz CT molecular complexity index is 1430. The van der Waals surface area contributed by atoms with E-state index in [-0.39, 0.29) is 17.5 Å². The van der Waals surface area contributed by atoms with Crippen molar-refractivity contribution in [2.45, 2.75) is 26.3 Å². The third-order valence-corrected chi connectivity index (χ3v) is 6.60. The maximum absolute atomic E-state index is 13.2. The van der Waals surface area contributed by atoms with Crippen LogP contribution in [-0.4, -0.2) is 29.8 Å². The Kier molecular flexibility index (Phi) is 6.70. The number of nitrogens with zero attached hydrogens (tertiary/aromatic N) is 1. The number of benzene rings is 3. The number of anilines is 2. The molecule has 0 atom stereocenters. The zero-order valence-electron chi connectivity index (χ0n) is 20.4. The van der Waals surface area contributed by atoms with Crippen molar-refractivity contribution in [1.29, 1.82) is 0 Å². The highest BCUT2D eigenvalue weighted by atomic mass is 16.6. The second-order valence-corrected chi connectivity index (χ2v) is 9.16. The van der Waals surface area contributed by atoms with Crippen molar-refractivity contribution in [3.8, 4) is 0 Å². The lowest BCUT2D eigenvalue weighted by molar-refractivity contribution is -0.384. The third-order valence-electron chi connectivity index (χ3n) is 6.60. The van der Waals surface area contributed by atoms with Crippen LogP contribution in [0.15, 0.2) is 60.7 Å². The van der Waals surface area contributed by atoms with Crippen LogP contribution in [0.4, 0.5) is 17.1 Å². The summed E-state index contributed by atoms with van der Waals surface area (Å²) in [6.07, 6.45) is 1.59. The molecule has 5 rings (SSSR count).